The van der Waals surface area contributed by atoms with Crippen molar-refractivity contribution >= 4 is 29.0 Å². The molecule has 3 aromatic rings. The third-order valence-corrected chi connectivity index (χ3v) is 3.91. The Balaban J connectivity index is 1.62. The summed E-state index contributed by atoms with van der Waals surface area (Å²) >= 11 is 0. The largest absolute Gasteiger partial charge is 0.345 e. The fourth-order valence-corrected chi connectivity index (χ4v) is 2.42. The van der Waals surface area contributed by atoms with Crippen molar-refractivity contribution < 1.29 is 4.92 Å². The van der Waals surface area contributed by atoms with Crippen molar-refractivity contribution in [1.29, 1.82) is 0 Å². The highest BCUT2D eigenvalue weighted by molar-refractivity contribution is 5.81. The van der Waals surface area contributed by atoms with Crippen LogP contribution in [0.1, 0.15) is 5.56 Å². The van der Waals surface area contributed by atoms with E-state index in [9.17, 15) is 10.1 Å². The van der Waals surface area contributed by atoms with E-state index in [0.717, 1.165) is 16.9 Å². The van der Waals surface area contributed by atoms with E-state index >= 15 is 0 Å². The van der Waals surface area contributed by atoms with Crippen molar-refractivity contribution in [3.63, 3.8) is 0 Å². The Bertz CT molecular complexity index is 891. The second-order valence-corrected chi connectivity index (χ2v) is 5.66. The van der Waals surface area contributed by atoms with E-state index in [0.29, 0.717) is 5.69 Å². The number of nitrogens with zero attached hydrogens (tertiary/aromatic N) is 3. The van der Waals surface area contributed by atoms with E-state index in [-0.39, 0.29) is 5.69 Å². The van der Waals surface area contributed by atoms with Crippen LogP contribution in [0.4, 0.5) is 22.7 Å². The van der Waals surface area contributed by atoms with Crippen LogP contribution in [0.3, 0.4) is 0 Å². The second-order valence-electron chi connectivity index (χ2n) is 5.66. The lowest BCUT2D eigenvalue weighted by Crippen LogP contribution is -2.08. The van der Waals surface area contributed by atoms with Crippen LogP contribution in [0.25, 0.3) is 0 Å². The number of nitro groups is 1. The first-order valence-electron chi connectivity index (χ1n) is 8.06. The van der Waals surface area contributed by atoms with E-state index in [1.165, 1.54) is 12.1 Å². The SMILES string of the molecule is CN(c1ccccc1)c1ccc(/C=N\Nc2ccc([N+](=O)[O-])cc2)cc1. The topological polar surface area (TPSA) is 70.8 Å². The number of rotatable bonds is 6. The number of anilines is 3. The molecule has 0 fully saturated rings. The maximum atomic E-state index is 10.6. The lowest BCUT2D eigenvalue weighted by atomic mass is 10.2. The van der Waals surface area contributed by atoms with Gasteiger partial charge in [0.25, 0.3) is 5.69 Å². The minimum Gasteiger partial charge on any atom is -0.345 e. The summed E-state index contributed by atoms with van der Waals surface area (Å²) in [6.07, 6.45) is 1.70. The molecule has 26 heavy (non-hydrogen) atoms. The molecule has 6 heteroatoms. The Morgan fingerprint density at radius 1 is 0.923 bits per heavy atom. The minimum atomic E-state index is -0.429. The number of para-hydroxylation sites is 1. The Hall–Kier alpha value is -3.67. The fourth-order valence-electron chi connectivity index (χ4n) is 2.42. The van der Waals surface area contributed by atoms with E-state index in [2.05, 4.69) is 27.6 Å². The number of nitrogens with one attached hydrogen (secondary N) is 1. The molecule has 0 heterocycles. The summed E-state index contributed by atoms with van der Waals surface area (Å²) in [5, 5.41) is 14.8. The second kappa shape index (κ2) is 7.94. The van der Waals surface area contributed by atoms with Crippen molar-refractivity contribution in [2.75, 3.05) is 17.4 Å². The third-order valence-electron chi connectivity index (χ3n) is 3.91. The number of non-ortho nitro benzene ring substituents is 1. The van der Waals surface area contributed by atoms with Crippen molar-refractivity contribution in [3.05, 3.63) is 94.5 Å². The summed E-state index contributed by atoms with van der Waals surface area (Å²) < 4.78 is 0. The highest BCUT2D eigenvalue weighted by atomic mass is 16.6. The van der Waals surface area contributed by atoms with E-state index < -0.39 is 4.92 Å². The Morgan fingerprint density at radius 3 is 2.15 bits per heavy atom. The van der Waals surface area contributed by atoms with Crippen LogP contribution in [0.5, 0.6) is 0 Å². The molecule has 0 unspecified atom stereocenters. The minimum absolute atomic E-state index is 0.0534. The van der Waals surface area contributed by atoms with Crippen molar-refractivity contribution in [2.24, 2.45) is 5.10 Å². The maximum absolute atomic E-state index is 10.6. The molecule has 0 aliphatic rings. The molecule has 0 spiro atoms. The highest BCUT2D eigenvalue weighted by Gasteiger charge is 2.04. The monoisotopic (exact) mass is 346 g/mol. The molecule has 0 aliphatic heterocycles. The molecule has 6 nitrogen and oxygen atoms in total. The van der Waals surface area contributed by atoms with Crippen molar-refractivity contribution in [3.8, 4) is 0 Å². The molecule has 0 amide bonds. The van der Waals surface area contributed by atoms with Gasteiger partial charge in [-0.3, -0.25) is 15.5 Å². The van der Waals surface area contributed by atoms with Gasteiger partial charge in [-0.1, -0.05) is 30.3 Å². The zero-order valence-electron chi connectivity index (χ0n) is 14.2. The number of hydrogen-bond acceptors (Lipinski definition) is 5. The summed E-state index contributed by atoms with van der Waals surface area (Å²) in [4.78, 5) is 12.3. The molecular weight excluding hydrogens is 328 g/mol. The molecule has 0 aliphatic carbocycles. The molecule has 0 saturated carbocycles. The van der Waals surface area contributed by atoms with Gasteiger partial charge in [0.05, 0.1) is 16.8 Å². The summed E-state index contributed by atoms with van der Waals surface area (Å²) in [5.74, 6) is 0. The number of benzene rings is 3. The first-order chi connectivity index (χ1) is 12.6. The number of nitro benzene ring substituents is 1. The Morgan fingerprint density at radius 2 is 1.54 bits per heavy atom. The van der Waals surface area contributed by atoms with Gasteiger partial charge in [0.2, 0.25) is 0 Å². The average Bonchev–Trinajstić information content (AvgIpc) is 2.69. The molecule has 3 aromatic carbocycles. The third kappa shape index (κ3) is 4.24. The van der Waals surface area contributed by atoms with Gasteiger partial charge in [0, 0.05) is 30.6 Å². The van der Waals surface area contributed by atoms with Gasteiger partial charge in [-0.05, 0) is 42.0 Å². The van der Waals surface area contributed by atoms with Crippen LogP contribution in [-0.4, -0.2) is 18.2 Å². The zero-order chi connectivity index (χ0) is 18.4. The summed E-state index contributed by atoms with van der Waals surface area (Å²) in [5.41, 5.74) is 6.75. The number of hydrazone groups is 1. The summed E-state index contributed by atoms with van der Waals surface area (Å²) in [6.45, 7) is 0. The van der Waals surface area contributed by atoms with Crippen LogP contribution in [0.15, 0.2) is 84.0 Å². The Kier molecular flexibility index (Phi) is 5.24. The van der Waals surface area contributed by atoms with E-state index in [1.807, 2.05) is 49.5 Å². The smallest absolute Gasteiger partial charge is 0.269 e. The molecule has 0 bridgehead atoms. The van der Waals surface area contributed by atoms with Gasteiger partial charge < -0.3 is 4.90 Å². The average molecular weight is 346 g/mol. The predicted octanol–water partition coefficient (Wildman–Crippen LogP) is 4.81. The summed E-state index contributed by atoms with van der Waals surface area (Å²) in [6, 6.07) is 24.3. The molecule has 0 saturated heterocycles. The van der Waals surface area contributed by atoms with Gasteiger partial charge in [0.15, 0.2) is 0 Å². The molecule has 1 N–H and O–H groups in total. The van der Waals surface area contributed by atoms with Crippen molar-refractivity contribution in [2.45, 2.75) is 0 Å². The predicted molar refractivity (Wildman–Crippen MR) is 105 cm³/mol. The standard InChI is InChI=1S/C20H18N4O2/c1-23(18-5-3-2-4-6-18)19-11-7-16(8-12-19)15-21-22-17-9-13-20(14-10-17)24(25)26/h2-15,22H,1H3/b21-15-. The molecule has 0 radical (unpaired) electrons. The first kappa shape index (κ1) is 17.2. The molecule has 0 aromatic heterocycles. The lowest BCUT2D eigenvalue weighted by Gasteiger charge is -2.19. The van der Waals surface area contributed by atoms with Crippen molar-refractivity contribution in [1.82, 2.24) is 0 Å². The lowest BCUT2D eigenvalue weighted by molar-refractivity contribution is -0.384. The summed E-state index contributed by atoms with van der Waals surface area (Å²) in [7, 11) is 2.02. The van der Waals surface area contributed by atoms with E-state index in [4.69, 9.17) is 0 Å². The van der Waals surface area contributed by atoms with Crippen LogP contribution in [0.2, 0.25) is 0 Å². The maximum Gasteiger partial charge on any atom is 0.269 e. The van der Waals surface area contributed by atoms with Crippen LogP contribution < -0.4 is 10.3 Å². The normalized spacial score (nSPS) is 10.7. The van der Waals surface area contributed by atoms with Gasteiger partial charge in [-0.2, -0.15) is 5.10 Å². The Labute approximate surface area is 151 Å². The van der Waals surface area contributed by atoms with E-state index in [1.54, 1.807) is 18.3 Å². The zero-order valence-corrected chi connectivity index (χ0v) is 14.2. The molecule has 3 rings (SSSR count). The number of hydrogen-bond donors (Lipinski definition) is 1. The van der Waals surface area contributed by atoms with Gasteiger partial charge >= 0.3 is 0 Å². The quantitative estimate of drug-likeness (QED) is 0.395. The fraction of sp³-hybridized carbons (Fsp3) is 0.0500. The van der Waals surface area contributed by atoms with Crippen LogP contribution in [-0.2, 0) is 0 Å². The molecule has 130 valence electrons. The van der Waals surface area contributed by atoms with Crippen LogP contribution in [0, 0.1) is 10.1 Å². The first-order valence-corrected chi connectivity index (χ1v) is 8.06. The molecule has 0 atom stereocenters. The van der Waals surface area contributed by atoms with Gasteiger partial charge in [0.1, 0.15) is 0 Å². The highest BCUT2D eigenvalue weighted by Crippen LogP contribution is 2.23. The van der Waals surface area contributed by atoms with Crippen LogP contribution >= 0.6 is 0 Å². The van der Waals surface area contributed by atoms with Gasteiger partial charge in [-0.25, -0.2) is 0 Å². The molecular formula is C20H18N4O2. The van der Waals surface area contributed by atoms with Gasteiger partial charge in [-0.15, -0.1) is 0 Å².